The van der Waals surface area contributed by atoms with Crippen LogP contribution in [0, 0.1) is 19.8 Å². The molecule has 4 nitrogen and oxygen atoms in total. The Morgan fingerprint density at radius 1 is 1.30 bits per heavy atom. The number of hydrogen-bond donors (Lipinski definition) is 1. The average molecular weight is 292 g/mol. The molecule has 2 rings (SSSR count). The van der Waals surface area contributed by atoms with E-state index < -0.39 is 10.0 Å². The maximum Gasteiger partial charge on any atom is 0.276 e. The fraction of sp³-hybridized carbons (Fsp3) is 0.400. The molecule has 1 aromatic rings. The lowest BCUT2D eigenvalue weighted by molar-refractivity contribution is 0.582. The minimum absolute atomic E-state index is 0.290. The van der Waals surface area contributed by atoms with Gasteiger partial charge in [-0.3, -0.25) is 0 Å². The molecule has 5 heteroatoms. The van der Waals surface area contributed by atoms with Crippen molar-refractivity contribution in [3.05, 3.63) is 41.5 Å². The molecule has 1 aliphatic rings. The van der Waals surface area contributed by atoms with Crippen LogP contribution >= 0.6 is 0 Å². The first-order valence-electron chi connectivity index (χ1n) is 6.76. The Labute approximate surface area is 120 Å². The molecule has 0 spiro atoms. The highest BCUT2D eigenvalue weighted by molar-refractivity contribution is 7.89. The van der Waals surface area contributed by atoms with Gasteiger partial charge in [0.25, 0.3) is 10.0 Å². The standard InChI is InChI=1S/C15H20N2O2S/c1-12-8-9-13(2)15(10-12)20(18,19)17-16-11-14-6-4-3-5-7-14/h3-4,8-11,14,17H,5-7H2,1-2H3/b16-11-/t14-/m1/s1. The van der Waals surface area contributed by atoms with Gasteiger partial charge in [-0.1, -0.05) is 24.3 Å². The van der Waals surface area contributed by atoms with Gasteiger partial charge in [0, 0.05) is 6.21 Å². The van der Waals surface area contributed by atoms with Gasteiger partial charge in [0.05, 0.1) is 4.90 Å². The van der Waals surface area contributed by atoms with Crippen LogP contribution in [0.3, 0.4) is 0 Å². The second kappa shape index (κ2) is 6.22. The summed E-state index contributed by atoms with van der Waals surface area (Å²) in [6.07, 6.45) is 8.93. The third-order valence-corrected chi connectivity index (χ3v) is 4.77. The number of sulfonamides is 1. The fourth-order valence-corrected chi connectivity index (χ4v) is 3.33. The number of allylic oxidation sites excluding steroid dienone is 2. The summed E-state index contributed by atoms with van der Waals surface area (Å²) < 4.78 is 24.4. The van der Waals surface area contributed by atoms with Gasteiger partial charge in [-0.2, -0.15) is 13.5 Å². The van der Waals surface area contributed by atoms with Crippen molar-refractivity contribution < 1.29 is 8.42 Å². The largest absolute Gasteiger partial charge is 0.276 e. The number of nitrogens with one attached hydrogen (secondary N) is 1. The molecule has 0 amide bonds. The predicted molar refractivity (Wildman–Crippen MR) is 81.2 cm³/mol. The molecule has 0 heterocycles. The fourth-order valence-electron chi connectivity index (χ4n) is 2.20. The van der Waals surface area contributed by atoms with E-state index in [4.69, 9.17) is 0 Å². The van der Waals surface area contributed by atoms with Gasteiger partial charge in [-0.25, -0.2) is 4.83 Å². The van der Waals surface area contributed by atoms with E-state index in [9.17, 15) is 8.42 Å². The smallest absolute Gasteiger partial charge is 0.200 e. The van der Waals surface area contributed by atoms with Gasteiger partial charge in [0.1, 0.15) is 0 Å². The average Bonchev–Trinajstić information content (AvgIpc) is 2.42. The summed E-state index contributed by atoms with van der Waals surface area (Å²) in [5.74, 6) is 0.321. The third kappa shape index (κ3) is 3.70. The van der Waals surface area contributed by atoms with Gasteiger partial charge in [-0.05, 0) is 56.2 Å². The molecule has 0 aromatic heterocycles. The number of nitrogens with zero attached hydrogens (tertiary/aromatic N) is 1. The van der Waals surface area contributed by atoms with Crippen molar-refractivity contribution in [1.82, 2.24) is 4.83 Å². The van der Waals surface area contributed by atoms with Crippen LogP contribution in [0.1, 0.15) is 30.4 Å². The third-order valence-electron chi connectivity index (χ3n) is 3.40. The van der Waals surface area contributed by atoms with Crippen LogP contribution in [-0.2, 0) is 10.0 Å². The summed E-state index contributed by atoms with van der Waals surface area (Å²) in [5, 5.41) is 3.92. The van der Waals surface area contributed by atoms with Gasteiger partial charge < -0.3 is 0 Å². The van der Waals surface area contributed by atoms with Crippen LogP contribution in [0.15, 0.2) is 40.3 Å². The highest BCUT2D eigenvalue weighted by atomic mass is 32.2. The molecule has 1 N–H and O–H groups in total. The van der Waals surface area contributed by atoms with Crippen LogP contribution in [0.2, 0.25) is 0 Å². The second-order valence-corrected chi connectivity index (χ2v) is 6.82. The first-order valence-corrected chi connectivity index (χ1v) is 8.24. The number of aryl methyl sites for hydroxylation is 2. The molecule has 0 bridgehead atoms. The van der Waals surface area contributed by atoms with Gasteiger partial charge >= 0.3 is 0 Å². The molecular weight excluding hydrogens is 272 g/mol. The summed E-state index contributed by atoms with van der Waals surface area (Å²) in [6.45, 7) is 3.65. The maximum absolute atomic E-state index is 12.2. The zero-order chi connectivity index (χ0) is 14.6. The van der Waals surface area contributed by atoms with Crippen LogP contribution in [0.25, 0.3) is 0 Å². The quantitative estimate of drug-likeness (QED) is 0.527. The van der Waals surface area contributed by atoms with E-state index in [1.54, 1.807) is 25.3 Å². The Hall–Kier alpha value is -1.62. The first kappa shape index (κ1) is 14.8. The normalized spacial score (nSPS) is 19.4. The summed E-state index contributed by atoms with van der Waals surface area (Å²) in [6, 6.07) is 5.36. The molecule has 1 aliphatic carbocycles. The van der Waals surface area contributed by atoms with E-state index in [0.717, 1.165) is 30.4 Å². The Kier molecular flexibility index (Phi) is 4.60. The van der Waals surface area contributed by atoms with Crippen LogP contribution in [0.4, 0.5) is 0 Å². The van der Waals surface area contributed by atoms with Crippen LogP contribution in [-0.4, -0.2) is 14.6 Å². The van der Waals surface area contributed by atoms with Crippen molar-refractivity contribution in [2.75, 3.05) is 0 Å². The molecule has 0 fully saturated rings. The maximum atomic E-state index is 12.2. The van der Waals surface area contributed by atoms with Crippen molar-refractivity contribution in [1.29, 1.82) is 0 Å². The lowest BCUT2D eigenvalue weighted by Crippen LogP contribution is -2.20. The first-order chi connectivity index (χ1) is 9.49. The van der Waals surface area contributed by atoms with Crippen LogP contribution in [0.5, 0.6) is 0 Å². The SMILES string of the molecule is Cc1ccc(C)c(S(=O)(=O)N/N=C\[C@@H]2CC=CCC2)c1. The van der Waals surface area contributed by atoms with E-state index in [0.29, 0.717) is 5.92 Å². The van der Waals surface area contributed by atoms with E-state index in [1.165, 1.54) is 0 Å². The molecule has 1 aromatic carbocycles. The minimum atomic E-state index is -3.58. The highest BCUT2D eigenvalue weighted by Crippen LogP contribution is 2.17. The molecule has 0 radical (unpaired) electrons. The van der Waals surface area contributed by atoms with E-state index in [1.807, 2.05) is 13.0 Å². The van der Waals surface area contributed by atoms with Gasteiger partial charge in [0.2, 0.25) is 0 Å². The predicted octanol–water partition coefficient (Wildman–Crippen LogP) is 2.92. The number of rotatable bonds is 4. The lowest BCUT2D eigenvalue weighted by atomic mass is 9.96. The summed E-state index contributed by atoms with van der Waals surface area (Å²) in [7, 11) is -3.58. The topological polar surface area (TPSA) is 58.5 Å². The molecule has 0 aliphatic heterocycles. The second-order valence-electron chi connectivity index (χ2n) is 5.19. The molecular formula is C15H20N2O2S. The van der Waals surface area contributed by atoms with E-state index >= 15 is 0 Å². The molecule has 0 saturated heterocycles. The van der Waals surface area contributed by atoms with Gasteiger partial charge in [-0.15, -0.1) is 0 Å². The number of hydrazone groups is 1. The zero-order valence-corrected chi connectivity index (χ0v) is 12.7. The lowest BCUT2D eigenvalue weighted by Gasteiger charge is -2.12. The van der Waals surface area contributed by atoms with Crippen molar-refractivity contribution in [2.45, 2.75) is 38.0 Å². The molecule has 1 atom stereocenters. The van der Waals surface area contributed by atoms with E-state index in [-0.39, 0.29) is 4.90 Å². The zero-order valence-electron chi connectivity index (χ0n) is 11.8. The molecule has 20 heavy (non-hydrogen) atoms. The van der Waals surface area contributed by atoms with Crippen LogP contribution < -0.4 is 4.83 Å². The monoisotopic (exact) mass is 292 g/mol. The molecule has 0 saturated carbocycles. The van der Waals surface area contributed by atoms with Crippen molar-refractivity contribution in [2.24, 2.45) is 11.0 Å². The number of hydrogen-bond acceptors (Lipinski definition) is 3. The highest BCUT2D eigenvalue weighted by Gasteiger charge is 2.16. The summed E-state index contributed by atoms with van der Waals surface area (Å²) in [5.41, 5.74) is 1.64. The van der Waals surface area contributed by atoms with Crippen molar-refractivity contribution in [3.63, 3.8) is 0 Å². The van der Waals surface area contributed by atoms with Crippen molar-refractivity contribution in [3.8, 4) is 0 Å². The Morgan fingerprint density at radius 2 is 2.10 bits per heavy atom. The van der Waals surface area contributed by atoms with E-state index in [2.05, 4.69) is 22.1 Å². The molecule has 108 valence electrons. The van der Waals surface area contributed by atoms with Gasteiger partial charge in [0.15, 0.2) is 0 Å². The summed E-state index contributed by atoms with van der Waals surface area (Å²) in [4.78, 5) is 2.60. The Morgan fingerprint density at radius 3 is 2.80 bits per heavy atom. The Balaban J connectivity index is 2.09. The summed E-state index contributed by atoms with van der Waals surface area (Å²) >= 11 is 0. The minimum Gasteiger partial charge on any atom is -0.200 e. The van der Waals surface area contributed by atoms with Crippen molar-refractivity contribution >= 4 is 16.2 Å². The Bertz CT molecular complexity index is 633. The molecule has 0 unspecified atom stereocenters. The number of benzene rings is 1.